The van der Waals surface area contributed by atoms with Crippen LogP contribution in [0, 0.1) is 0 Å². The normalized spacial score (nSPS) is 9.46. The Kier molecular flexibility index (Phi) is 3.40. The van der Waals surface area contributed by atoms with E-state index in [-0.39, 0.29) is 0 Å². The van der Waals surface area contributed by atoms with E-state index in [0.717, 1.165) is 0 Å². The van der Waals surface area contributed by atoms with E-state index in [1.165, 1.54) is 7.11 Å². The van der Waals surface area contributed by atoms with E-state index < -0.39 is 6.79 Å². The van der Waals surface area contributed by atoms with Gasteiger partial charge in [-0.05, 0) is 12.1 Å². The van der Waals surface area contributed by atoms with E-state index >= 15 is 0 Å². The molecule has 0 aliphatic carbocycles. The second kappa shape index (κ2) is 4.57. The molecule has 1 aromatic rings. The van der Waals surface area contributed by atoms with Gasteiger partial charge in [0.05, 0.1) is 14.2 Å². The van der Waals surface area contributed by atoms with Crippen LogP contribution in [-0.4, -0.2) is 21.0 Å². The summed E-state index contributed by atoms with van der Waals surface area (Å²) in [4.78, 5) is 0. The molecule has 1 rings (SSSR count). The fraction of sp³-hybridized carbons (Fsp3) is 0.333. The van der Waals surface area contributed by atoms with Crippen molar-refractivity contribution in [2.24, 2.45) is 0 Å². The first-order valence-corrected chi connectivity index (χ1v) is 3.74. The zero-order valence-electron chi connectivity index (χ0n) is 7.57. The maximum Gasteiger partial charge on any atom is 0.221 e. The maximum absolute atomic E-state index is 10.2. The number of rotatable bonds is 4. The van der Waals surface area contributed by atoms with Crippen LogP contribution in [0.2, 0.25) is 0 Å². The van der Waals surface area contributed by atoms with Crippen molar-refractivity contribution in [3.05, 3.63) is 18.2 Å². The largest absolute Gasteiger partial charge is 0.497 e. The Morgan fingerprint density at radius 2 is 1.92 bits per heavy atom. The maximum atomic E-state index is 10.2. The number of hydrogen-bond donors (Lipinski definition) is 0. The molecule has 4 nitrogen and oxygen atoms in total. The van der Waals surface area contributed by atoms with Gasteiger partial charge in [-0.1, -0.05) is 0 Å². The lowest BCUT2D eigenvalue weighted by molar-refractivity contribution is 0.0356. The lowest BCUT2D eigenvalue weighted by Gasteiger charge is -2.08. The monoisotopic (exact) mass is 183 g/mol. The van der Waals surface area contributed by atoms with Gasteiger partial charge in [0.1, 0.15) is 5.75 Å². The van der Waals surface area contributed by atoms with E-state index in [0.29, 0.717) is 17.2 Å². The molecule has 13 heavy (non-hydrogen) atoms. The minimum absolute atomic E-state index is 0.429. The van der Waals surface area contributed by atoms with Gasteiger partial charge in [-0.25, -0.2) is 0 Å². The Morgan fingerprint density at radius 3 is 2.46 bits per heavy atom. The Balaban J connectivity index is 2.93. The van der Waals surface area contributed by atoms with E-state index in [2.05, 4.69) is 0 Å². The molecule has 0 fully saturated rings. The quantitative estimate of drug-likeness (QED) is 0.664. The summed E-state index contributed by atoms with van der Waals surface area (Å²) >= 11 is 0. The van der Waals surface area contributed by atoms with Gasteiger partial charge in [-0.3, -0.25) is 0 Å². The highest BCUT2D eigenvalue weighted by molar-refractivity contribution is 5.45. The van der Waals surface area contributed by atoms with Crippen LogP contribution in [0.4, 0.5) is 0 Å². The third-order valence-electron chi connectivity index (χ3n) is 1.59. The lowest BCUT2D eigenvalue weighted by Crippen LogP contribution is -1.96. The molecule has 0 saturated heterocycles. The van der Waals surface area contributed by atoms with Gasteiger partial charge >= 0.3 is 0 Å². The van der Waals surface area contributed by atoms with Crippen molar-refractivity contribution in [3.63, 3.8) is 0 Å². The van der Waals surface area contributed by atoms with Crippen molar-refractivity contribution in [1.29, 1.82) is 0 Å². The van der Waals surface area contributed by atoms with Crippen LogP contribution in [0.25, 0.3) is 0 Å². The fourth-order valence-corrected chi connectivity index (χ4v) is 0.958. The van der Waals surface area contributed by atoms with Crippen molar-refractivity contribution >= 4 is 0 Å². The van der Waals surface area contributed by atoms with Crippen LogP contribution >= 0.6 is 0 Å². The van der Waals surface area contributed by atoms with Gasteiger partial charge in [-0.15, -0.1) is 0 Å². The minimum Gasteiger partial charge on any atom is -0.497 e. The summed E-state index contributed by atoms with van der Waals surface area (Å²) in [6, 6.07) is 4.99. The van der Waals surface area contributed by atoms with Crippen molar-refractivity contribution in [1.82, 2.24) is 0 Å². The molecule has 0 saturated carbocycles. The SMILES string of the molecule is COc1ccc(OC[O])c(OC)c1. The van der Waals surface area contributed by atoms with Crippen LogP contribution < -0.4 is 14.2 Å². The second-order valence-electron chi connectivity index (χ2n) is 2.28. The Morgan fingerprint density at radius 1 is 1.15 bits per heavy atom. The minimum atomic E-state index is -0.622. The topological polar surface area (TPSA) is 47.6 Å². The lowest BCUT2D eigenvalue weighted by atomic mass is 10.3. The molecule has 0 aliphatic heterocycles. The zero-order valence-corrected chi connectivity index (χ0v) is 7.57. The van der Waals surface area contributed by atoms with Crippen molar-refractivity contribution < 1.29 is 19.3 Å². The summed E-state index contributed by atoms with van der Waals surface area (Å²) in [7, 11) is 3.06. The first-order valence-electron chi connectivity index (χ1n) is 3.74. The summed E-state index contributed by atoms with van der Waals surface area (Å²) in [5.41, 5.74) is 0. The van der Waals surface area contributed by atoms with E-state index in [4.69, 9.17) is 14.2 Å². The number of ether oxygens (including phenoxy) is 3. The molecule has 0 aliphatic rings. The van der Waals surface area contributed by atoms with Crippen LogP contribution in [0.5, 0.6) is 17.2 Å². The number of benzene rings is 1. The molecule has 0 amide bonds. The van der Waals surface area contributed by atoms with Gasteiger partial charge in [-0.2, -0.15) is 5.11 Å². The summed E-state index contributed by atoms with van der Waals surface area (Å²) in [5.74, 6) is 1.59. The zero-order chi connectivity index (χ0) is 9.68. The highest BCUT2D eigenvalue weighted by atomic mass is 16.6. The van der Waals surface area contributed by atoms with E-state index in [1.54, 1.807) is 25.3 Å². The van der Waals surface area contributed by atoms with E-state index in [1.807, 2.05) is 0 Å². The van der Waals surface area contributed by atoms with Crippen LogP contribution in [0.15, 0.2) is 18.2 Å². The molecule has 1 aromatic carbocycles. The second-order valence-corrected chi connectivity index (χ2v) is 2.28. The molecule has 0 spiro atoms. The molecular formula is C9H11O4. The number of hydrogen-bond acceptors (Lipinski definition) is 3. The highest BCUT2D eigenvalue weighted by Crippen LogP contribution is 2.30. The van der Waals surface area contributed by atoms with E-state index in [9.17, 15) is 5.11 Å². The average molecular weight is 183 g/mol. The molecule has 0 unspecified atom stereocenters. The van der Waals surface area contributed by atoms with Gasteiger partial charge < -0.3 is 14.2 Å². The van der Waals surface area contributed by atoms with Crippen molar-refractivity contribution in [2.75, 3.05) is 21.0 Å². The van der Waals surface area contributed by atoms with Crippen LogP contribution in [0.3, 0.4) is 0 Å². The molecular weight excluding hydrogens is 172 g/mol. The first kappa shape index (κ1) is 9.67. The van der Waals surface area contributed by atoms with Crippen LogP contribution in [-0.2, 0) is 5.11 Å². The molecule has 0 heterocycles. The van der Waals surface area contributed by atoms with Gasteiger partial charge in [0.15, 0.2) is 11.5 Å². The third-order valence-corrected chi connectivity index (χ3v) is 1.59. The smallest absolute Gasteiger partial charge is 0.221 e. The fourth-order valence-electron chi connectivity index (χ4n) is 0.958. The Bertz CT molecular complexity index is 272. The van der Waals surface area contributed by atoms with Crippen LogP contribution in [0.1, 0.15) is 0 Å². The van der Waals surface area contributed by atoms with Gasteiger partial charge in [0, 0.05) is 6.07 Å². The van der Waals surface area contributed by atoms with Crippen molar-refractivity contribution in [3.8, 4) is 17.2 Å². The standard InChI is InChI=1S/C9H11O4/c1-11-7-3-4-8(13-6-10)9(5-7)12-2/h3-5H,6H2,1-2H3. The van der Waals surface area contributed by atoms with Gasteiger partial charge in [0.25, 0.3) is 0 Å². The summed E-state index contributed by atoms with van der Waals surface area (Å²) in [5, 5.41) is 10.2. The van der Waals surface area contributed by atoms with Crippen molar-refractivity contribution in [2.45, 2.75) is 0 Å². The molecule has 0 N–H and O–H groups in total. The Hall–Kier alpha value is -1.42. The summed E-state index contributed by atoms with van der Waals surface area (Å²) < 4.78 is 14.8. The molecule has 0 atom stereocenters. The molecule has 71 valence electrons. The molecule has 4 heteroatoms. The predicted molar refractivity (Wildman–Crippen MR) is 45.7 cm³/mol. The molecule has 0 aromatic heterocycles. The first-order chi connectivity index (χ1) is 6.31. The molecule has 1 radical (unpaired) electrons. The Labute approximate surface area is 76.7 Å². The summed E-state index contributed by atoms with van der Waals surface area (Å²) in [6.45, 7) is -0.622. The van der Waals surface area contributed by atoms with Gasteiger partial charge in [0.2, 0.25) is 6.79 Å². The average Bonchev–Trinajstić information content (AvgIpc) is 2.19. The highest BCUT2D eigenvalue weighted by Gasteiger charge is 2.04. The predicted octanol–water partition coefficient (Wildman–Crippen LogP) is 1.47. The summed E-state index contributed by atoms with van der Waals surface area (Å²) in [6.07, 6.45) is 0. The number of methoxy groups -OCH3 is 2. The molecule has 0 bridgehead atoms. The third kappa shape index (κ3) is 2.26.